The molecule has 0 radical (unpaired) electrons. The lowest BCUT2D eigenvalue weighted by Gasteiger charge is -2.62. The lowest BCUT2D eigenvalue weighted by Crippen LogP contribution is -2.74. The summed E-state index contributed by atoms with van der Waals surface area (Å²) in [5.74, 6) is 1.57. The number of piperidine rings is 1. The average Bonchev–Trinajstić information content (AvgIpc) is 3.44. The highest BCUT2D eigenvalue weighted by molar-refractivity contribution is 5.89. The molecule has 5 aliphatic rings. The van der Waals surface area contributed by atoms with Gasteiger partial charge in [0.25, 0.3) is 0 Å². The molecule has 35 heavy (non-hydrogen) atoms. The highest BCUT2D eigenvalue weighted by Gasteiger charge is 2.72. The third-order valence-electron chi connectivity index (χ3n) is 9.92. The maximum Gasteiger partial charge on any atom is 0.166 e. The number of fused-ring (bicyclic) bond motifs is 4. The van der Waals surface area contributed by atoms with Crippen LogP contribution in [0.25, 0.3) is 10.9 Å². The van der Waals surface area contributed by atoms with Crippen molar-refractivity contribution in [2.75, 3.05) is 34.2 Å². The number of rotatable bonds is 3. The van der Waals surface area contributed by atoms with Crippen LogP contribution >= 0.6 is 0 Å². The molecule has 3 heterocycles. The van der Waals surface area contributed by atoms with Crippen LogP contribution in [0.2, 0.25) is 0 Å². The zero-order valence-corrected chi connectivity index (χ0v) is 20.8. The summed E-state index contributed by atoms with van der Waals surface area (Å²) in [5, 5.41) is 25.0. The van der Waals surface area contributed by atoms with Crippen molar-refractivity contribution in [3.05, 3.63) is 52.7 Å². The van der Waals surface area contributed by atoms with E-state index in [0.717, 1.165) is 53.1 Å². The number of hydrogen-bond donors (Lipinski definition) is 3. The van der Waals surface area contributed by atoms with Gasteiger partial charge in [0, 0.05) is 47.6 Å². The quantitative estimate of drug-likeness (QED) is 0.508. The Labute approximate surface area is 205 Å². The minimum absolute atomic E-state index is 0.0608. The van der Waals surface area contributed by atoms with Crippen LogP contribution in [-0.2, 0) is 18.3 Å². The SMILES string of the molecule is C[N+](C)(C)c1ccc2[nH]c3c(c2c1)C[C@@]1(O)C2Cc4ccc(O)c5c4[C@@]1(CCN2CC1CC1)[C@H]3O5. The summed E-state index contributed by atoms with van der Waals surface area (Å²) in [7, 11) is 6.56. The molecule has 2 aliphatic heterocycles. The van der Waals surface area contributed by atoms with Gasteiger partial charge in [0.1, 0.15) is 5.69 Å². The number of aromatic amines is 1. The summed E-state index contributed by atoms with van der Waals surface area (Å²) >= 11 is 0. The highest BCUT2D eigenvalue weighted by atomic mass is 16.5. The Bertz CT molecular complexity index is 1420. The number of nitrogens with one attached hydrogen (secondary N) is 1. The summed E-state index contributed by atoms with van der Waals surface area (Å²) < 4.78 is 7.43. The second-order valence-corrected chi connectivity index (χ2v) is 12.7. The number of likely N-dealkylation sites (tertiary alicyclic amines) is 1. The zero-order valence-electron chi connectivity index (χ0n) is 20.8. The third kappa shape index (κ3) is 2.41. The lowest BCUT2D eigenvalue weighted by molar-refractivity contribution is -0.173. The minimum atomic E-state index is -0.939. The smallest absolute Gasteiger partial charge is 0.166 e. The van der Waals surface area contributed by atoms with Gasteiger partial charge in [-0.15, -0.1) is 0 Å². The standard InChI is InChI=1S/C29H33N3O3/c1-32(2,3)18-7-8-21-19(13-18)20-14-29(34)23-12-17-6-9-22(33)26-24(17)28(29,27(35-26)25(20)30-21)10-11-31(23)15-16-4-5-16/h6-9,13,16,23,27,30,34H,4-5,10-12,14-15H2,1-3H3/p+1/t23?,27-,28-,29+/m0/s1. The monoisotopic (exact) mass is 472 g/mol. The molecule has 1 saturated carbocycles. The second-order valence-electron chi connectivity index (χ2n) is 12.7. The van der Waals surface area contributed by atoms with Crippen LogP contribution in [0.1, 0.15) is 47.8 Å². The van der Waals surface area contributed by atoms with E-state index in [1.165, 1.54) is 35.0 Å². The highest BCUT2D eigenvalue weighted by Crippen LogP contribution is 2.69. The Kier molecular flexibility index (Phi) is 3.67. The van der Waals surface area contributed by atoms with Crippen molar-refractivity contribution >= 4 is 16.6 Å². The van der Waals surface area contributed by atoms with Crippen molar-refractivity contribution in [2.45, 2.75) is 55.3 Å². The first-order chi connectivity index (χ1) is 16.7. The first-order valence-electron chi connectivity index (χ1n) is 13.2. The molecule has 1 spiro atoms. The van der Waals surface area contributed by atoms with Gasteiger partial charge in [-0.3, -0.25) is 9.38 Å². The van der Waals surface area contributed by atoms with Crippen LogP contribution in [0.4, 0.5) is 5.69 Å². The van der Waals surface area contributed by atoms with Crippen LogP contribution in [0.5, 0.6) is 11.5 Å². The molecule has 6 nitrogen and oxygen atoms in total. The zero-order chi connectivity index (χ0) is 23.9. The first-order valence-corrected chi connectivity index (χ1v) is 13.2. The van der Waals surface area contributed by atoms with E-state index in [0.29, 0.717) is 12.2 Å². The van der Waals surface area contributed by atoms with Crippen LogP contribution in [-0.4, -0.2) is 66.0 Å². The summed E-state index contributed by atoms with van der Waals surface area (Å²) in [6.45, 7) is 2.06. The summed E-state index contributed by atoms with van der Waals surface area (Å²) in [5.41, 5.74) is 5.45. The molecule has 0 amide bonds. The number of aromatic hydroxyl groups is 1. The van der Waals surface area contributed by atoms with E-state index in [-0.39, 0.29) is 17.9 Å². The van der Waals surface area contributed by atoms with E-state index < -0.39 is 11.0 Å². The lowest BCUT2D eigenvalue weighted by atomic mass is 9.49. The maximum atomic E-state index is 12.9. The largest absolute Gasteiger partial charge is 0.504 e. The van der Waals surface area contributed by atoms with E-state index in [9.17, 15) is 10.2 Å². The molecular formula is C29H34N3O3+. The normalized spacial score (nSPS) is 32.9. The topological polar surface area (TPSA) is 68.7 Å². The number of phenols is 1. The number of aromatic nitrogens is 1. The fourth-order valence-corrected chi connectivity index (χ4v) is 8.03. The Morgan fingerprint density at radius 1 is 1.17 bits per heavy atom. The van der Waals surface area contributed by atoms with Crippen molar-refractivity contribution in [3.63, 3.8) is 0 Å². The van der Waals surface area contributed by atoms with Crippen LogP contribution in [0.15, 0.2) is 30.3 Å². The van der Waals surface area contributed by atoms with Crippen molar-refractivity contribution in [2.24, 2.45) is 5.92 Å². The van der Waals surface area contributed by atoms with Crippen molar-refractivity contribution in [1.82, 2.24) is 14.4 Å². The molecule has 8 rings (SSSR count). The molecule has 1 aromatic heterocycles. The molecule has 1 unspecified atom stereocenters. The molecule has 2 fully saturated rings. The molecule has 4 atom stereocenters. The molecule has 3 N–H and O–H groups in total. The van der Waals surface area contributed by atoms with Gasteiger partial charge < -0.3 is 19.9 Å². The number of quaternary nitrogens is 1. The fourth-order valence-electron chi connectivity index (χ4n) is 8.03. The Morgan fingerprint density at radius 2 is 2.00 bits per heavy atom. The number of hydrogen-bond acceptors (Lipinski definition) is 4. The first kappa shape index (κ1) is 20.6. The van der Waals surface area contributed by atoms with Gasteiger partial charge in [0.05, 0.1) is 37.9 Å². The molecule has 3 aromatic rings. The van der Waals surface area contributed by atoms with E-state index in [2.05, 4.69) is 55.3 Å². The molecular weight excluding hydrogens is 438 g/mol. The van der Waals surface area contributed by atoms with Gasteiger partial charge in [-0.25, -0.2) is 0 Å². The molecule has 1 saturated heterocycles. The van der Waals surface area contributed by atoms with E-state index in [4.69, 9.17) is 4.74 Å². The number of nitrogens with zero attached hydrogens (tertiary/aromatic N) is 2. The molecule has 2 bridgehead atoms. The van der Waals surface area contributed by atoms with E-state index in [1.54, 1.807) is 6.07 Å². The van der Waals surface area contributed by atoms with Gasteiger partial charge >= 0.3 is 0 Å². The number of ether oxygens (including phenoxy) is 1. The van der Waals surface area contributed by atoms with Crippen LogP contribution < -0.4 is 9.22 Å². The maximum absolute atomic E-state index is 12.9. The minimum Gasteiger partial charge on any atom is -0.504 e. The van der Waals surface area contributed by atoms with Crippen molar-refractivity contribution in [1.29, 1.82) is 0 Å². The summed E-state index contributed by atoms with van der Waals surface area (Å²) in [6, 6.07) is 10.6. The molecule has 6 heteroatoms. The molecule has 182 valence electrons. The van der Waals surface area contributed by atoms with E-state index in [1.807, 2.05) is 0 Å². The predicted octanol–water partition coefficient (Wildman–Crippen LogP) is 3.77. The van der Waals surface area contributed by atoms with Crippen molar-refractivity contribution < 1.29 is 14.9 Å². The number of benzene rings is 2. The predicted molar refractivity (Wildman–Crippen MR) is 136 cm³/mol. The third-order valence-corrected chi connectivity index (χ3v) is 9.92. The van der Waals surface area contributed by atoms with Crippen molar-refractivity contribution in [3.8, 4) is 11.5 Å². The van der Waals surface area contributed by atoms with Gasteiger partial charge in [0.2, 0.25) is 0 Å². The number of aliphatic hydroxyl groups is 1. The van der Waals surface area contributed by atoms with Gasteiger partial charge in [-0.05, 0) is 61.4 Å². The average molecular weight is 473 g/mol. The van der Waals surface area contributed by atoms with Gasteiger partial charge in [-0.2, -0.15) is 0 Å². The second kappa shape index (κ2) is 6.23. The Morgan fingerprint density at radius 3 is 2.77 bits per heavy atom. The summed E-state index contributed by atoms with van der Waals surface area (Å²) in [6.07, 6.45) is 4.58. The van der Waals surface area contributed by atoms with E-state index >= 15 is 0 Å². The van der Waals surface area contributed by atoms with Gasteiger partial charge in [0.15, 0.2) is 17.6 Å². The summed E-state index contributed by atoms with van der Waals surface area (Å²) in [4.78, 5) is 6.30. The fraction of sp³-hybridized carbons (Fsp3) is 0.517. The molecule has 3 aliphatic carbocycles. The van der Waals surface area contributed by atoms with Gasteiger partial charge in [-0.1, -0.05) is 6.07 Å². The van der Waals surface area contributed by atoms with Crippen LogP contribution in [0.3, 0.4) is 0 Å². The Hall–Kier alpha value is -2.54. The van der Waals surface area contributed by atoms with Crippen LogP contribution in [0, 0.1) is 5.92 Å². The number of phenolic OH excluding ortho intramolecular Hbond substituents is 1. The number of H-pyrrole nitrogens is 1. The molecule has 2 aromatic carbocycles. The Balaban J connectivity index is 1.39.